The fourth-order valence-electron chi connectivity index (χ4n) is 2.07. The Labute approximate surface area is 108 Å². The molecule has 0 radical (unpaired) electrons. The first-order chi connectivity index (χ1) is 8.54. The zero-order chi connectivity index (χ0) is 13.1. The van der Waals surface area contributed by atoms with E-state index in [9.17, 15) is 0 Å². The summed E-state index contributed by atoms with van der Waals surface area (Å²) < 4.78 is 0. The Bertz CT molecular complexity index is 527. The van der Waals surface area contributed by atoms with Gasteiger partial charge in [0.25, 0.3) is 0 Å². The van der Waals surface area contributed by atoms with Gasteiger partial charge in [0, 0.05) is 11.3 Å². The zero-order valence-electron chi connectivity index (χ0n) is 11.1. The molecule has 18 heavy (non-hydrogen) atoms. The van der Waals surface area contributed by atoms with Crippen molar-refractivity contribution in [2.24, 2.45) is 5.92 Å². The van der Waals surface area contributed by atoms with E-state index in [0.29, 0.717) is 11.9 Å². The summed E-state index contributed by atoms with van der Waals surface area (Å²) in [6.07, 6.45) is 1.08. The van der Waals surface area contributed by atoms with Crippen molar-refractivity contribution in [3.05, 3.63) is 41.6 Å². The molecule has 0 saturated heterocycles. The van der Waals surface area contributed by atoms with Crippen LogP contribution in [0.4, 0.5) is 5.95 Å². The van der Waals surface area contributed by atoms with Gasteiger partial charge in [-0.05, 0) is 37.0 Å². The van der Waals surface area contributed by atoms with Gasteiger partial charge in [0.1, 0.15) is 0 Å². The molecule has 0 aliphatic carbocycles. The number of aromatic nitrogens is 2. The first-order valence-electron chi connectivity index (χ1n) is 6.25. The van der Waals surface area contributed by atoms with Gasteiger partial charge in [-0.2, -0.15) is 0 Å². The highest BCUT2D eigenvalue weighted by atomic mass is 15.0. The number of benzene rings is 1. The molecule has 94 valence electrons. The van der Waals surface area contributed by atoms with E-state index in [1.54, 1.807) is 0 Å². The highest BCUT2D eigenvalue weighted by Gasteiger charge is 2.04. The predicted octanol–water partition coefficient (Wildman–Crippen LogP) is 3.23. The maximum Gasteiger partial charge on any atom is 0.220 e. The first kappa shape index (κ1) is 12.6. The van der Waals surface area contributed by atoms with Gasteiger partial charge in [0.05, 0.1) is 5.69 Å². The number of nitrogens with two attached hydrogens (primary N) is 1. The predicted molar refractivity (Wildman–Crippen MR) is 75.2 cm³/mol. The van der Waals surface area contributed by atoms with E-state index in [1.165, 1.54) is 5.56 Å². The lowest BCUT2D eigenvalue weighted by Crippen LogP contribution is -1.99. The summed E-state index contributed by atoms with van der Waals surface area (Å²) in [5, 5.41) is 0. The second kappa shape index (κ2) is 5.17. The van der Waals surface area contributed by atoms with E-state index in [4.69, 9.17) is 5.73 Å². The maximum absolute atomic E-state index is 5.69. The number of anilines is 1. The average Bonchev–Trinajstić information content (AvgIpc) is 2.27. The number of nitrogen functional groups attached to an aromatic ring is 1. The van der Waals surface area contributed by atoms with Crippen LogP contribution in [0.15, 0.2) is 30.3 Å². The smallest absolute Gasteiger partial charge is 0.220 e. The molecule has 0 bridgehead atoms. The fourth-order valence-corrected chi connectivity index (χ4v) is 2.07. The van der Waals surface area contributed by atoms with Crippen molar-refractivity contribution in [2.75, 3.05) is 5.73 Å². The molecule has 3 heteroatoms. The number of nitrogens with zero attached hydrogens (tertiary/aromatic N) is 2. The number of hydrogen-bond donors (Lipinski definition) is 1. The SMILES string of the molecule is Cc1cc(-c2cccc(CC(C)C)c2)nc(N)n1. The summed E-state index contributed by atoms with van der Waals surface area (Å²) >= 11 is 0. The lowest BCUT2D eigenvalue weighted by atomic mass is 10.00. The van der Waals surface area contributed by atoms with Crippen LogP contribution in [0.25, 0.3) is 11.3 Å². The van der Waals surface area contributed by atoms with Crippen molar-refractivity contribution in [1.82, 2.24) is 9.97 Å². The van der Waals surface area contributed by atoms with Crippen molar-refractivity contribution in [3.8, 4) is 11.3 Å². The minimum Gasteiger partial charge on any atom is -0.368 e. The van der Waals surface area contributed by atoms with Crippen LogP contribution in [0.5, 0.6) is 0 Å². The Balaban J connectivity index is 2.38. The molecule has 2 rings (SSSR count). The van der Waals surface area contributed by atoms with Gasteiger partial charge in [-0.1, -0.05) is 32.0 Å². The molecular formula is C15H19N3. The molecule has 2 aromatic rings. The minimum atomic E-state index is 0.333. The largest absolute Gasteiger partial charge is 0.368 e. The molecule has 3 nitrogen and oxygen atoms in total. The van der Waals surface area contributed by atoms with Gasteiger partial charge < -0.3 is 5.73 Å². The Morgan fingerprint density at radius 1 is 1.17 bits per heavy atom. The number of aryl methyl sites for hydroxylation is 1. The fraction of sp³-hybridized carbons (Fsp3) is 0.333. The Kier molecular flexibility index (Phi) is 3.60. The second-order valence-corrected chi connectivity index (χ2v) is 5.05. The third-order valence-corrected chi connectivity index (χ3v) is 2.74. The zero-order valence-corrected chi connectivity index (χ0v) is 11.1. The maximum atomic E-state index is 5.69. The molecule has 1 aromatic heterocycles. The lowest BCUT2D eigenvalue weighted by molar-refractivity contribution is 0.647. The Hall–Kier alpha value is -1.90. The van der Waals surface area contributed by atoms with E-state index in [2.05, 4.69) is 48.1 Å². The van der Waals surface area contributed by atoms with Gasteiger partial charge in [0.15, 0.2) is 0 Å². The Morgan fingerprint density at radius 2 is 1.94 bits per heavy atom. The summed E-state index contributed by atoms with van der Waals surface area (Å²) in [7, 11) is 0. The topological polar surface area (TPSA) is 51.8 Å². The van der Waals surface area contributed by atoms with Crippen LogP contribution in [-0.4, -0.2) is 9.97 Å². The standard InChI is InChI=1S/C15H19N3/c1-10(2)7-12-5-4-6-13(9-12)14-8-11(3)17-15(16)18-14/h4-6,8-10H,7H2,1-3H3,(H2,16,17,18). The van der Waals surface area contributed by atoms with E-state index in [1.807, 2.05) is 13.0 Å². The van der Waals surface area contributed by atoms with Gasteiger partial charge in [-0.3, -0.25) is 0 Å². The van der Waals surface area contributed by atoms with Crippen LogP contribution < -0.4 is 5.73 Å². The van der Waals surface area contributed by atoms with E-state index in [-0.39, 0.29) is 0 Å². The Morgan fingerprint density at radius 3 is 2.61 bits per heavy atom. The normalized spacial score (nSPS) is 10.9. The molecule has 0 aliphatic heterocycles. The molecule has 0 unspecified atom stereocenters. The van der Waals surface area contributed by atoms with E-state index >= 15 is 0 Å². The van der Waals surface area contributed by atoms with Gasteiger partial charge in [0.2, 0.25) is 5.95 Å². The minimum absolute atomic E-state index is 0.333. The van der Waals surface area contributed by atoms with E-state index in [0.717, 1.165) is 23.4 Å². The summed E-state index contributed by atoms with van der Waals surface area (Å²) in [5.74, 6) is 0.983. The van der Waals surface area contributed by atoms with Crippen LogP contribution in [0.3, 0.4) is 0 Å². The summed E-state index contributed by atoms with van der Waals surface area (Å²) in [6.45, 7) is 6.37. The molecule has 0 atom stereocenters. The third-order valence-electron chi connectivity index (χ3n) is 2.74. The average molecular weight is 241 g/mol. The molecule has 0 amide bonds. The van der Waals surface area contributed by atoms with Gasteiger partial charge in [-0.15, -0.1) is 0 Å². The molecule has 1 aromatic carbocycles. The monoisotopic (exact) mass is 241 g/mol. The first-order valence-corrected chi connectivity index (χ1v) is 6.25. The molecule has 0 aliphatic rings. The number of rotatable bonds is 3. The van der Waals surface area contributed by atoms with Crippen molar-refractivity contribution in [1.29, 1.82) is 0 Å². The molecule has 0 saturated carbocycles. The summed E-state index contributed by atoms with van der Waals surface area (Å²) in [5.41, 5.74) is 9.92. The summed E-state index contributed by atoms with van der Waals surface area (Å²) in [6, 6.07) is 10.4. The van der Waals surface area contributed by atoms with Crippen LogP contribution in [0.2, 0.25) is 0 Å². The van der Waals surface area contributed by atoms with Crippen LogP contribution in [0, 0.1) is 12.8 Å². The van der Waals surface area contributed by atoms with Crippen molar-refractivity contribution < 1.29 is 0 Å². The van der Waals surface area contributed by atoms with Crippen LogP contribution in [0.1, 0.15) is 25.1 Å². The molecule has 2 N–H and O–H groups in total. The second-order valence-electron chi connectivity index (χ2n) is 5.05. The molecule has 1 heterocycles. The third kappa shape index (κ3) is 3.06. The molecule has 0 spiro atoms. The highest BCUT2D eigenvalue weighted by molar-refractivity contribution is 5.61. The van der Waals surface area contributed by atoms with Crippen molar-refractivity contribution in [2.45, 2.75) is 27.2 Å². The van der Waals surface area contributed by atoms with Crippen molar-refractivity contribution >= 4 is 5.95 Å². The van der Waals surface area contributed by atoms with Crippen molar-refractivity contribution in [3.63, 3.8) is 0 Å². The highest BCUT2D eigenvalue weighted by Crippen LogP contribution is 2.21. The van der Waals surface area contributed by atoms with Gasteiger partial charge >= 0.3 is 0 Å². The quantitative estimate of drug-likeness (QED) is 0.897. The van der Waals surface area contributed by atoms with Crippen LogP contribution >= 0.6 is 0 Å². The lowest BCUT2D eigenvalue weighted by Gasteiger charge is -2.08. The van der Waals surface area contributed by atoms with E-state index < -0.39 is 0 Å². The number of hydrogen-bond acceptors (Lipinski definition) is 3. The summed E-state index contributed by atoms with van der Waals surface area (Å²) in [4.78, 5) is 8.39. The molecular weight excluding hydrogens is 222 g/mol. The van der Waals surface area contributed by atoms with Gasteiger partial charge in [-0.25, -0.2) is 9.97 Å². The van der Waals surface area contributed by atoms with Crippen LogP contribution in [-0.2, 0) is 6.42 Å². The molecule has 0 fully saturated rings.